The van der Waals surface area contributed by atoms with Crippen LogP contribution < -0.4 is 15.1 Å². The molecule has 0 amide bonds. The number of fused-ring (bicyclic) bond motifs is 1. The first-order valence-electron chi connectivity index (χ1n) is 8.58. The van der Waals surface area contributed by atoms with Crippen LogP contribution in [0, 0.1) is 0 Å². The van der Waals surface area contributed by atoms with E-state index in [1.165, 1.54) is 6.07 Å². The number of benzene rings is 1. The van der Waals surface area contributed by atoms with Gasteiger partial charge in [-0.1, -0.05) is 6.58 Å². The predicted molar refractivity (Wildman–Crippen MR) is 98.8 cm³/mol. The number of hydrogen-bond acceptors (Lipinski definition) is 6. The number of unbranched alkanes of at least 4 members (excludes halogenated alkanes) is 3. The summed E-state index contributed by atoms with van der Waals surface area (Å²) in [6.07, 6.45) is 3.52. The van der Waals surface area contributed by atoms with E-state index in [4.69, 9.17) is 18.6 Å². The first-order chi connectivity index (χ1) is 12.5. The Morgan fingerprint density at radius 3 is 2.54 bits per heavy atom. The fraction of sp³-hybridized carbons (Fsp3) is 0.400. The minimum atomic E-state index is -0.458. The highest BCUT2D eigenvalue weighted by Crippen LogP contribution is 2.27. The molecular formula is C20H24O6. The fourth-order valence-corrected chi connectivity index (χ4v) is 2.39. The van der Waals surface area contributed by atoms with Gasteiger partial charge in [-0.25, -0.2) is 9.59 Å². The molecule has 0 radical (unpaired) electrons. The second kappa shape index (κ2) is 9.65. The number of esters is 1. The Morgan fingerprint density at radius 2 is 1.85 bits per heavy atom. The highest BCUT2D eigenvalue weighted by molar-refractivity contribution is 5.86. The van der Waals surface area contributed by atoms with Crippen molar-refractivity contribution in [3.8, 4) is 11.5 Å². The number of hydrogen-bond donors (Lipinski definition) is 0. The third-order valence-corrected chi connectivity index (χ3v) is 3.79. The Kier molecular flexibility index (Phi) is 7.26. The molecule has 0 spiro atoms. The van der Waals surface area contributed by atoms with Crippen LogP contribution in [0.5, 0.6) is 11.5 Å². The summed E-state index contributed by atoms with van der Waals surface area (Å²) in [5, 5.41) is 0.733. The molecule has 26 heavy (non-hydrogen) atoms. The predicted octanol–water partition coefficient (Wildman–Crippen LogP) is 3.86. The van der Waals surface area contributed by atoms with Gasteiger partial charge in [0.25, 0.3) is 0 Å². The number of carbonyl (C=O) groups excluding carboxylic acids is 1. The molecule has 1 aromatic heterocycles. The van der Waals surface area contributed by atoms with Crippen LogP contribution in [-0.4, -0.2) is 26.3 Å². The van der Waals surface area contributed by atoms with Crippen LogP contribution in [-0.2, 0) is 9.53 Å². The lowest BCUT2D eigenvalue weighted by Gasteiger charge is -2.09. The molecule has 0 N–H and O–H groups in total. The highest BCUT2D eigenvalue weighted by atomic mass is 16.5. The Labute approximate surface area is 152 Å². The lowest BCUT2D eigenvalue weighted by atomic mass is 10.2. The maximum absolute atomic E-state index is 11.7. The zero-order chi connectivity index (χ0) is 18.9. The zero-order valence-corrected chi connectivity index (χ0v) is 15.2. The smallest absolute Gasteiger partial charge is 0.339 e. The molecule has 0 saturated heterocycles. The monoisotopic (exact) mass is 360 g/mol. The molecule has 2 rings (SSSR count). The van der Waals surface area contributed by atoms with E-state index in [0.717, 1.165) is 31.1 Å². The lowest BCUT2D eigenvalue weighted by molar-refractivity contribution is -0.139. The molecule has 0 fully saturated rings. The quantitative estimate of drug-likeness (QED) is 0.277. The third kappa shape index (κ3) is 5.65. The SMILES string of the molecule is C=C(C)C(=O)OCCCCCCOc1cc(=O)oc2cc(OC)ccc12. The molecule has 6 heteroatoms. The van der Waals surface area contributed by atoms with Crippen molar-refractivity contribution in [3.05, 3.63) is 46.8 Å². The molecule has 0 aliphatic rings. The van der Waals surface area contributed by atoms with E-state index in [1.807, 2.05) is 6.07 Å². The zero-order valence-electron chi connectivity index (χ0n) is 15.2. The van der Waals surface area contributed by atoms with Crippen molar-refractivity contribution >= 4 is 16.9 Å². The topological polar surface area (TPSA) is 75.0 Å². The van der Waals surface area contributed by atoms with Gasteiger partial charge in [-0.05, 0) is 44.7 Å². The van der Waals surface area contributed by atoms with Gasteiger partial charge in [-0.2, -0.15) is 0 Å². The van der Waals surface area contributed by atoms with Crippen molar-refractivity contribution in [2.45, 2.75) is 32.6 Å². The van der Waals surface area contributed by atoms with Gasteiger partial charge < -0.3 is 18.6 Å². The van der Waals surface area contributed by atoms with E-state index in [-0.39, 0.29) is 5.97 Å². The van der Waals surface area contributed by atoms with E-state index in [2.05, 4.69) is 6.58 Å². The summed E-state index contributed by atoms with van der Waals surface area (Å²) in [6, 6.07) is 6.62. The Morgan fingerprint density at radius 1 is 1.12 bits per heavy atom. The van der Waals surface area contributed by atoms with Gasteiger partial charge in [0.05, 0.1) is 31.8 Å². The van der Waals surface area contributed by atoms with Gasteiger partial charge in [0, 0.05) is 11.6 Å². The molecule has 1 aromatic carbocycles. The summed E-state index contributed by atoms with van der Waals surface area (Å²) in [7, 11) is 1.55. The molecule has 0 atom stereocenters. The normalized spacial score (nSPS) is 10.5. The van der Waals surface area contributed by atoms with Gasteiger partial charge in [0.1, 0.15) is 17.1 Å². The van der Waals surface area contributed by atoms with Crippen LogP contribution in [0.1, 0.15) is 32.6 Å². The van der Waals surface area contributed by atoms with Crippen molar-refractivity contribution in [3.63, 3.8) is 0 Å². The van der Waals surface area contributed by atoms with Crippen LogP contribution in [0.2, 0.25) is 0 Å². The van der Waals surface area contributed by atoms with E-state index < -0.39 is 5.63 Å². The molecule has 0 bridgehead atoms. The summed E-state index contributed by atoms with van der Waals surface area (Å²) in [6.45, 7) is 6.06. The summed E-state index contributed by atoms with van der Waals surface area (Å²) < 4.78 is 21.1. The highest BCUT2D eigenvalue weighted by Gasteiger charge is 2.08. The van der Waals surface area contributed by atoms with Gasteiger partial charge >= 0.3 is 11.6 Å². The van der Waals surface area contributed by atoms with Gasteiger partial charge in [0.2, 0.25) is 0 Å². The first kappa shape index (κ1) is 19.6. The van der Waals surface area contributed by atoms with Crippen molar-refractivity contribution in [2.24, 2.45) is 0 Å². The lowest BCUT2D eigenvalue weighted by Crippen LogP contribution is -2.06. The maximum Gasteiger partial charge on any atom is 0.339 e. The largest absolute Gasteiger partial charge is 0.497 e. The van der Waals surface area contributed by atoms with Crippen molar-refractivity contribution < 1.29 is 23.4 Å². The van der Waals surface area contributed by atoms with Crippen LogP contribution in [0.25, 0.3) is 11.0 Å². The Hall–Kier alpha value is -2.76. The van der Waals surface area contributed by atoms with Crippen molar-refractivity contribution in [1.82, 2.24) is 0 Å². The summed E-state index contributed by atoms with van der Waals surface area (Å²) in [5.74, 6) is 0.777. The molecule has 0 aliphatic carbocycles. The molecule has 0 saturated carbocycles. The molecule has 2 aromatic rings. The summed E-state index contributed by atoms with van der Waals surface area (Å²) >= 11 is 0. The van der Waals surface area contributed by atoms with Crippen LogP contribution >= 0.6 is 0 Å². The molecule has 0 unspecified atom stereocenters. The minimum absolute atomic E-state index is 0.347. The maximum atomic E-state index is 11.7. The molecule has 1 heterocycles. The Bertz CT molecular complexity index is 821. The van der Waals surface area contributed by atoms with Gasteiger partial charge in [-0.3, -0.25) is 0 Å². The molecule has 140 valence electrons. The fourth-order valence-electron chi connectivity index (χ4n) is 2.39. The molecule has 6 nitrogen and oxygen atoms in total. The average molecular weight is 360 g/mol. The van der Waals surface area contributed by atoms with E-state index >= 15 is 0 Å². The van der Waals surface area contributed by atoms with Gasteiger partial charge in [0.15, 0.2) is 0 Å². The third-order valence-electron chi connectivity index (χ3n) is 3.79. The number of methoxy groups -OCH3 is 1. The number of rotatable bonds is 10. The van der Waals surface area contributed by atoms with Crippen LogP contribution in [0.3, 0.4) is 0 Å². The van der Waals surface area contributed by atoms with Gasteiger partial charge in [-0.15, -0.1) is 0 Å². The van der Waals surface area contributed by atoms with E-state index in [1.54, 1.807) is 26.2 Å². The standard InChI is InChI=1S/C20H24O6/c1-14(2)20(22)25-11-7-5-4-6-10-24-17-13-19(21)26-18-12-15(23-3)8-9-16(17)18/h8-9,12-13H,1,4-7,10-11H2,2-3H3. The van der Waals surface area contributed by atoms with Crippen molar-refractivity contribution in [2.75, 3.05) is 20.3 Å². The van der Waals surface area contributed by atoms with Crippen molar-refractivity contribution in [1.29, 1.82) is 0 Å². The summed E-state index contributed by atoms with van der Waals surface area (Å²) in [4.78, 5) is 22.9. The number of carbonyl (C=O) groups is 1. The first-order valence-corrected chi connectivity index (χ1v) is 8.58. The average Bonchev–Trinajstić information content (AvgIpc) is 2.62. The Balaban J connectivity index is 1.77. The van der Waals surface area contributed by atoms with Crippen LogP contribution in [0.4, 0.5) is 0 Å². The van der Waals surface area contributed by atoms with E-state index in [0.29, 0.717) is 35.9 Å². The molecule has 0 aliphatic heterocycles. The van der Waals surface area contributed by atoms with Crippen LogP contribution in [0.15, 0.2) is 45.6 Å². The minimum Gasteiger partial charge on any atom is -0.497 e. The second-order valence-corrected chi connectivity index (χ2v) is 5.97. The molecular weight excluding hydrogens is 336 g/mol. The number of ether oxygens (including phenoxy) is 3. The van der Waals surface area contributed by atoms with E-state index in [9.17, 15) is 9.59 Å². The second-order valence-electron chi connectivity index (χ2n) is 5.97. The summed E-state index contributed by atoms with van der Waals surface area (Å²) in [5.41, 5.74) is 0.391.